The number of amides is 1. The minimum absolute atomic E-state index is 0.107. The summed E-state index contributed by atoms with van der Waals surface area (Å²) in [5.74, 6) is 1.09. The van der Waals surface area contributed by atoms with Crippen molar-refractivity contribution in [3.63, 3.8) is 0 Å². The molecule has 7 heteroatoms. The Bertz CT molecular complexity index is 491. The molecule has 0 aromatic carbocycles. The van der Waals surface area contributed by atoms with E-state index >= 15 is 0 Å². The molecule has 1 atom stereocenters. The highest BCUT2D eigenvalue weighted by atomic mass is 32.2. The van der Waals surface area contributed by atoms with Crippen molar-refractivity contribution < 1.29 is 4.79 Å². The summed E-state index contributed by atoms with van der Waals surface area (Å²) in [6.45, 7) is 4.93. The SMILES string of the molecule is CC1(CNC(=O)c2cn(C3CCNCC3)nn2)CCCS1. The van der Waals surface area contributed by atoms with Crippen molar-refractivity contribution in [2.24, 2.45) is 0 Å². The average Bonchev–Trinajstić information content (AvgIpc) is 3.16. The molecule has 2 aliphatic heterocycles. The van der Waals surface area contributed by atoms with Crippen LogP contribution >= 0.6 is 11.8 Å². The average molecular weight is 309 g/mol. The highest BCUT2D eigenvalue weighted by Gasteiger charge is 2.30. The molecule has 1 unspecified atom stereocenters. The summed E-state index contributed by atoms with van der Waals surface area (Å²) in [5, 5.41) is 14.5. The van der Waals surface area contributed by atoms with Gasteiger partial charge in [0.2, 0.25) is 0 Å². The van der Waals surface area contributed by atoms with E-state index in [1.807, 2.05) is 16.4 Å². The standard InChI is InChI=1S/C14H23N5OS/c1-14(5-2-8-21-14)10-16-13(20)12-9-19(18-17-12)11-3-6-15-7-4-11/h9,11,15H,2-8,10H2,1H3,(H,16,20). The van der Waals surface area contributed by atoms with Gasteiger partial charge in [-0.2, -0.15) is 11.8 Å². The Labute approximate surface area is 129 Å². The van der Waals surface area contributed by atoms with Crippen LogP contribution in [0.4, 0.5) is 0 Å². The maximum Gasteiger partial charge on any atom is 0.273 e. The van der Waals surface area contributed by atoms with Crippen LogP contribution in [0, 0.1) is 0 Å². The Hall–Kier alpha value is -1.08. The fraction of sp³-hybridized carbons (Fsp3) is 0.786. The molecule has 1 amide bonds. The van der Waals surface area contributed by atoms with Crippen molar-refractivity contribution in [1.82, 2.24) is 25.6 Å². The first-order valence-electron chi connectivity index (χ1n) is 7.71. The van der Waals surface area contributed by atoms with Gasteiger partial charge in [-0.15, -0.1) is 5.10 Å². The number of thioether (sulfide) groups is 1. The van der Waals surface area contributed by atoms with Crippen molar-refractivity contribution in [1.29, 1.82) is 0 Å². The summed E-state index contributed by atoms with van der Waals surface area (Å²) in [6.07, 6.45) is 6.27. The fourth-order valence-corrected chi connectivity index (χ4v) is 4.21. The van der Waals surface area contributed by atoms with E-state index in [9.17, 15) is 4.79 Å². The van der Waals surface area contributed by atoms with Gasteiger partial charge in [0.25, 0.3) is 5.91 Å². The molecule has 0 saturated carbocycles. The maximum absolute atomic E-state index is 12.2. The highest BCUT2D eigenvalue weighted by Crippen LogP contribution is 2.36. The lowest BCUT2D eigenvalue weighted by molar-refractivity contribution is 0.0945. The fourth-order valence-electron chi connectivity index (χ4n) is 2.96. The summed E-state index contributed by atoms with van der Waals surface area (Å²) >= 11 is 1.95. The number of nitrogens with zero attached hydrogens (tertiary/aromatic N) is 3. The van der Waals surface area contributed by atoms with E-state index in [1.165, 1.54) is 18.6 Å². The van der Waals surface area contributed by atoms with E-state index in [4.69, 9.17) is 0 Å². The summed E-state index contributed by atoms with van der Waals surface area (Å²) < 4.78 is 2.03. The molecule has 2 saturated heterocycles. The lowest BCUT2D eigenvalue weighted by atomic mass is 10.1. The first kappa shape index (κ1) is 14.8. The van der Waals surface area contributed by atoms with Crippen molar-refractivity contribution >= 4 is 17.7 Å². The molecule has 3 heterocycles. The van der Waals surface area contributed by atoms with Crippen LogP contribution in [0.15, 0.2) is 6.20 Å². The highest BCUT2D eigenvalue weighted by molar-refractivity contribution is 8.00. The molecular formula is C14H23N5OS. The van der Waals surface area contributed by atoms with Crippen LogP contribution < -0.4 is 10.6 Å². The number of piperidine rings is 1. The van der Waals surface area contributed by atoms with Gasteiger partial charge in [-0.05, 0) is 51.4 Å². The predicted molar refractivity (Wildman–Crippen MR) is 83.6 cm³/mol. The Morgan fingerprint density at radius 3 is 3.10 bits per heavy atom. The van der Waals surface area contributed by atoms with Gasteiger partial charge in [0.1, 0.15) is 0 Å². The zero-order valence-corrected chi connectivity index (χ0v) is 13.3. The summed E-state index contributed by atoms with van der Waals surface area (Å²) in [6, 6.07) is 0.364. The van der Waals surface area contributed by atoms with E-state index in [1.54, 1.807) is 6.20 Å². The molecule has 1 aromatic heterocycles. The second-order valence-electron chi connectivity index (χ2n) is 6.15. The molecule has 3 rings (SSSR count). The zero-order valence-electron chi connectivity index (χ0n) is 12.5. The largest absolute Gasteiger partial charge is 0.349 e. The predicted octanol–water partition coefficient (Wildman–Crippen LogP) is 1.22. The number of hydrogen-bond acceptors (Lipinski definition) is 5. The lowest BCUT2D eigenvalue weighted by Gasteiger charge is -2.22. The van der Waals surface area contributed by atoms with Crippen molar-refractivity contribution in [3.8, 4) is 0 Å². The third-order valence-electron chi connectivity index (χ3n) is 4.35. The number of aromatic nitrogens is 3. The number of hydrogen-bond donors (Lipinski definition) is 2. The van der Waals surface area contributed by atoms with E-state index in [0.29, 0.717) is 18.3 Å². The lowest BCUT2D eigenvalue weighted by Crippen LogP contribution is -2.36. The molecule has 1 aromatic rings. The van der Waals surface area contributed by atoms with Gasteiger partial charge >= 0.3 is 0 Å². The van der Waals surface area contributed by atoms with Gasteiger partial charge in [0, 0.05) is 11.3 Å². The van der Waals surface area contributed by atoms with E-state index < -0.39 is 0 Å². The van der Waals surface area contributed by atoms with Gasteiger partial charge in [0.05, 0.1) is 12.2 Å². The Kier molecular flexibility index (Phi) is 4.49. The van der Waals surface area contributed by atoms with Crippen LogP contribution in [-0.2, 0) is 0 Å². The summed E-state index contributed by atoms with van der Waals surface area (Å²) in [5.41, 5.74) is 0.431. The minimum atomic E-state index is -0.107. The Balaban J connectivity index is 1.56. The molecule has 2 fully saturated rings. The quantitative estimate of drug-likeness (QED) is 0.875. The van der Waals surface area contributed by atoms with Crippen molar-refractivity contribution in [2.75, 3.05) is 25.4 Å². The van der Waals surface area contributed by atoms with E-state index in [-0.39, 0.29) is 10.7 Å². The third-order valence-corrected chi connectivity index (χ3v) is 5.89. The zero-order chi connectivity index (χ0) is 14.7. The van der Waals surface area contributed by atoms with Crippen molar-refractivity contribution in [3.05, 3.63) is 11.9 Å². The topological polar surface area (TPSA) is 71.8 Å². The first-order valence-corrected chi connectivity index (χ1v) is 8.70. The second kappa shape index (κ2) is 6.36. The van der Waals surface area contributed by atoms with Crippen molar-refractivity contribution in [2.45, 2.75) is 43.4 Å². The molecular weight excluding hydrogens is 286 g/mol. The second-order valence-corrected chi connectivity index (χ2v) is 7.83. The third kappa shape index (κ3) is 3.58. The van der Waals surface area contributed by atoms with Crippen LogP contribution in [0.2, 0.25) is 0 Å². The van der Waals surface area contributed by atoms with Crippen LogP contribution in [0.3, 0.4) is 0 Å². The number of rotatable bonds is 4. The molecule has 0 spiro atoms. The molecule has 2 N–H and O–H groups in total. The monoisotopic (exact) mass is 309 g/mol. The first-order chi connectivity index (χ1) is 10.2. The van der Waals surface area contributed by atoms with Gasteiger partial charge in [-0.1, -0.05) is 5.21 Å². The van der Waals surface area contributed by atoms with Crippen LogP contribution in [0.5, 0.6) is 0 Å². The maximum atomic E-state index is 12.2. The van der Waals surface area contributed by atoms with Gasteiger partial charge in [-0.25, -0.2) is 4.68 Å². The normalized spacial score (nSPS) is 26.9. The Morgan fingerprint density at radius 2 is 2.38 bits per heavy atom. The molecule has 6 nitrogen and oxygen atoms in total. The number of carbonyl (C=O) groups is 1. The number of nitrogens with one attached hydrogen (secondary N) is 2. The summed E-state index contributed by atoms with van der Waals surface area (Å²) in [7, 11) is 0. The van der Waals surface area contributed by atoms with Crippen LogP contribution in [0.25, 0.3) is 0 Å². The molecule has 0 bridgehead atoms. The molecule has 0 radical (unpaired) electrons. The van der Waals surface area contributed by atoms with Gasteiger partial charge in [-0.3, -0.25) is 4.79 Å². The van der Waals surface area contributed by atoms with E-state index in [2.05, 4.69) is 27.9 Å². The molecule has 0 aliphatic carbocycles. The Morgan fingerprint density at radius 1 is 1.57 bits per heavy atom. The molecule has 116 valence electrons. The smallest absolute Gasteiger partial charge is 0.273 e. The number of carbonyl (C=O) groups excluding carboxylic acids is 1. The molecule has 21 heavy (non-hydrogen) atoms. The molecule has 2 aliphatic rings. The van der Waals surface area contributed by atoms with E-state index in [0.717, 1.165) is 25.9 Å². The van der Waals surface area contributed by atoms with Crippen LogP contribution in [-0.4, -0.2) is 51.0 Å². The van der Waals surface area contributed by atoms with Crippen LogP contribution in [0.1, 0.15) is 49.1 Å². The van der Waals surface area contributed by atoms with Gasteiger partial charge < -0.3 is 10.6 Å². The minimum Gasteiger partial charge on any atom is -0.349 e. The van der Waals surface area contributed by atoms with Gasteiger partial charge in [0.15, 0.2) is 5.69 Å². The summed E-state index contributed by atoms with van der Waals surface area (Å²) in [4.78, 5) is 12.2.